The molecule has 2 fully saturated rings. The molecular weight excluding hydrogens is 372 g/mol. The molecule has 2 amide bonds. The zero-order chi connectivity index (χ0) is 19.9. The van der Waals surface area contributed by atoms with Crippen molar-refractivity contribution in [1.82, 2.24) is 9.80 Å². The molecule has 0 bridgehead atoms. The van der Waals surface area contributed by atoms with Gasteiger partial charge in [-0.1, -0.05) is 6.92 Å². The molecule has 2 saturated heterocycles. The number of carbonyl (C=O) groups excluding carboxylic acids is 2. The number of piperidine rings is 2. The lowest BCUT2D eigenvalue weighted by atomic mass is 9.92. The van der Waals surface area contributed by atoms with Gasteiger partial charge in [0.15, 0.2) is 0 Å². The molecule has 3 rings (SSSR count). The fourth-order valence-electron chi connectivity index (χ4n) is 3.90. The topological polar surface area (TPSA) is 49.9 Å². The van der Waals surface area contributed by atoms with Gasteiger partial charge in [0.05, 0.1) is 12.4 Å². The Labute approximate surface area is 172 Å². The summed E-state index contributed by atoms with van der Waals surface area (Å²) in [5, 5.41) is 0. The van der Waals surface area contributed by atoms with Gasteiger partial charge in [-0.2, -0.15) is 0 Å². The highest BCUT2D eigenvalue weighted by atomic mass is 32.2. The van der Waals surface area contributed by atoms with Crippen LogP contribution in [0.2, 0.25) is 0 Å². The van der Waals surface area contributed by atoms with Crippen molar-refractivity contribution in [3.63, 3.8) is 0 Å². The van der Waals surface area contributed by atoms with Crippen LogP contribution in [0.1, 0.15) is 39.5 Å². The first-order valence-corrected chi connectivity index (χ1v) is 11.5. The summed E-state index contributed by atoms with van der Waals surface area (Å²) >= 11 is 1.56. The molecule has 0 radical (unpaired) electrons. The summed E-state index contributed by atoms with van der Waals surface area (Å²) in [5.74, 6) is 2.59. The first-order valence-electron chi connectivity index (χ1n) is 10.5. The van der Waals surface area contributed by atoms with Crippen molar-refractivity contribution >= 4 is 23.6 Å². The number of amides is 2. The molecule has 0 aromatic heterocycles. The molecule has 0 aliphatic carbocycles. The van der Waals surface area contributed by atoms with Crippen molar-refractivity contribution in [2.75, 3.05) is 38.5 Å². The standard InChI is InChI=1S/C22H32N2O3S/c1-3-27-19-4-6-20(7-5-19)28-16-21(25)23-14-10-18(11-15-23)22(26)24-12-8-17(2)9-13-24/h4-7,17-18H,3,8-16H2,1-2H3. The molecule has 2 aliphatic heterocycles. The molecule has 6 heteroatoms. The van der Waals surface area contributed by atoms with Crippen molar-refractivity contribution in [2.24, 2.45) is 11.8 Å². The fraction of sp³-hybridized carbons (Fsp3) is 0.636. The van der Waals surface area contributed by atoms with Gasteiger partial charge in [0.1, 0.15) is 5.75 Å². The number of likely N-dealkylation sites (tertiary alicyclic amines) is 2. The molecular formula is C22H32N2O3S. The Kier molecular flexibility index (Phi) is 7.65. The quantitative estimate of drug-likeness (QED) is 0.679. The van der Waals surface area contributed by atoms with Gasteiger partial charge in [0, 0.05) is 37.0 Å². The van der Waals surface area contributed by atoms with Crippen molar-refractivity contribution < 1.29 is 14.3 Å². The zero-order valence-corrected chi connectivity index (χ0v) is 17.9. The van der Waals surface area contributed by atoms with Crippen molar-refractivity contribution in [3.05, 3.63) is 24.3 Å². The Hall–Kier alpha value is -1.69. The van der Waals surface area contributed by atoms with E-state index in [0.29, 0.717) is 31.4 Å². The lowest BCUT2D eigenvalue weighted by molar-refractivity contribution is -0.141. The van der Waals surface area contributed by atoms with Gasteiger partial charge < -0.3 is 14.5 Å². The van der Waals surface area contributed by atoms with Gasteiger partial charge >= 0.3 is 0 Å². The van der Waals surface area contributed by atoms with E-state index in [4.69, 9.17) is 4.74 Å². The summed E-state index contributed by atoms with van der Waals surface area (Å²) in [4.78, 5) is 30.3. The minimum atomic E-state index is 0.0937. The molecule has 0 spiro atoms. The molecule has 1 aromatic rings. The minimum absolute atomic E-state index is 0.0937. The van der Waals surface area contributed by atoms with Crippen LogP contribution in [-0.2, 0) is 9.59 Å². The van der Waals surface area contributed by atoms with E-state index >= 15 is 0 Å². The number of thioether (sulfide) groups is 1. The first-order chi connectivity index (χ1) is 13.6. The van der Waals surface area contributed by atoms with Crippen molar-refractivity contribution in [1.29, 1.82) is 0 Å². The average molecular weight is 405 g/mol. The monoisotopic (exact) mass is 404 g/mol. The number of carbonyl (C=O) groups is 2. The summed E-state index contributed by atoms with van der Waals surface area (Å²) in [6, 6.07) is 7.87. The molecule has 2 aliphatic rings. The summed E-state index contributed by atoms with van der Waals surface area (Å²) in [6.07, 6.45) is 3.83. The third-order valence-corrected chi connectivity index (χ3v) is 6.79. The number of nitrogens with zero attached hydrogens (tertiary/aromatic N) is 2. The number of ether oxygens (including phenoxy) is 1. The van der Waals surface area contributed by atoms with Gasteiger partial charge in [-0.25, -0.2) is 0 Å². The predicted molar refractivity (Wildman–Crippen MR) is 113 cm³/mol. The van der Waals surface area contributed by atoms with Crippen LogP contribution in [0, 0.1) is 11.8 Å². The molecule has 0 atom stereocenters. The number of hydrogen-bond donors (Lipinski definition) is 0. The van der Waals surface area contributed by atoms with Crippen molar-refractivity contribution in [2.45, 2.75) is 44.4 Å². The van der Waals surface area contributed by atoms with E-state index in [1.54, 1.807) is 11.8 Å². The summed E-state index contributed by atoms with van der Waals surface area (Å²) < 4.78 is 5.44. The SMILES string of the molecule is CCOc1ccc(SCC(=O)N2CCC(C(=O)N3CCC(C)CC3)CC2)cc1. The van der Waals surface area contributed by atoms with Gasteiger partial charge in [-0.3, -0.25) is 9.59 Å². The third kappa shape index (κ3) is 5.66. The van der Waals surface area contributed by atoms with Gasteiger partial charge in [-0.15, -0.1) is 11.8 Å². The maximum Gasteiger partial charge on any atom is 0.232 e. The van der Waals surface area contributed by atoms with Crippen LogP contribution in [0.4, 0.5) is 0 Å². The molecule has 154 valence electrons. The minimum Gasteiger partial charge on any atom is -0.494 e. The maximum absolute atomic E-state index is 12.7. The van der Waals surface area contributed by atoms with E-state index in [9.17, 15) is 9.59 Å². The highest BCUT2D eigenvalue weighted by Crippen LogP contribution is 2.25. The van der Waals surface area contributed by atoms with Gasteiger partial charge in [-0.05, 0) is 62.8 Å². The Bertz CT molecular complexity index is 648. The molecule has 0 N–H and O–H groups in total. The van der Waals surface area contributed by atoms with Crippen molar-refractivity contribution in [3.8, 4) is 5.75 Å². The molecule has 2 heterocycles. The Morgan fingerprint density at radius 3 is 2.21 bits per heavy atom. The van der Waals surface area contributed by atoms with Gasteiger partial charge in [0.2, 0.25) is 11.8 Å². The molecule has 0 unspecified atom stereocenters. The fourth-order valence-corrected chi connectivity index (χ4v) is 4.70. The van der Waals surface area contributed by atoms with Crippen LogP contribution in [0.5, 0.6) is 5.75 Å². The Morgan fingerprint density at radius 1 is 1.00 bits per heavy atom. The second-order valence-electron chi connectivity index (χ2n) is 7.86. The highest BCUT2D eigenvalue weighted by Gasteiger charge is 2.31. The van der Waals surface area contributed by atoms with E-state index < -0.39 is 0 Å². The summed E-state index contributed by atoms with van der Waals surface area (Å²) in [6.45, 7) is 8.07. The second kappa shape index (κ2) is 10.2. The van der Waals surface area contributed by atoms with E-state index in [1.807, 2.05) is 41.0 Å². The van der Waals surface area contributed by atoms with E-state index in [1.165, 1.54) is 0 Å². The lowest BCUT2D eigenvalue weighted by Gasteiger charge is -2.36. The maximum atomic E-state index is 12.7. The van der Waals surface area contributed by atoms with E-state index in [-0.39, 0.29) is 11.8 Å². The number of rotatable bonds is 6. The largest absolute Gasteiger partial charge is 0.494 e. The predicted octanol–water partition coefficient (Wildman–Crippen LogP) is 3.67. The normalized spacial score (nSPS) is 18.9. The molecule has 1 aromatic carbocycles. The molecule has 28 heavy (non-hydrogen) atoms. The Balaban J connectivity index is 1.40. The highest BCUT2D eigenvalue weighted by molar-refractivity contribution is 8.00. The van der Waals surface area contributed by atoms with E-state index in [2.05, 4.69) is 6.92 Å². The molecule has 5 nitrogen and oxygen atoms in total. The second-order valence-corrected chi connectivity index (χ2v) is 8.90. The first kappa shape index (κ1) is 21.0. The van der Waals surface area contributed by atoms with Crippen LogP contribution in [0.3, 0.4) is 0 Å². The van der Waals surface area contributed by atoms with Crippen LogP contribution in [0.25, 0.3) is 0 Å². The molecule has 0 saturated carbocycles. The smallest absolute Gasteiger partial charge is 0.232 e. The van der Waals surface area contributed by atoms with Crippen LogP contribution < -0.4 is 4.74 Å². The van der Waals surface area contributed by atoms with Crippen LogP contribution >= 0.6 is 11.8 Å². The van der Waals surface area contributed by atoms with Crippen LogP contribution in [-0.4, -0.2) is 60.2 Å². The summed E-state index contributed by atoms with van der Waals surface area (Å²) in [5.41, 5.74) is 0. The Morgan fingerprint density at radius 2 is 1.61 bits per heavy atom. The van der Waals surface area contributed by atoms with Crippen LogP contribution in [0.15, 0.2) is 29.2 Å². The number of benzene rings is 1. The average Bonchev–Trinajstić information content (AvgIpc) is 2.73. The number of hydrogen-bond acceptors (Lipinski definition) is 4. The van der Waals surface area contributed by atoms with E-state index in [0.717, 1.165) is 55.3 Å². The lowest BCUT2D eigenvalue weighted by Crippen LogP contribution is -2.46. The summed E-state index contributed by atoms with van der Waals surface area (Å²) in [7, 11) is 0. The third-order valence-electron chi connectivity index (χ3n) is 5.79. The zero-order valence-electron chi connectivity index (χ0n) is 17.1. The van der Waals surface area contributed by atoms with Gasteiger partial charge in [0.25, 0.3) is 0 Å².